The Morgan fingerprint density at radius 3 is 2.15 bits per heavy atom. The van der Waals surface area contributed by atoms with Crippen LogP contribution < -0.4 is 0 Å². The third-order valence-electron chi connectivity index (χ3n) is 13.6. The first-order valence-electron chi connectivity index (χ1n) is 26.1. The molecule has 2 aromatic heterocycles. The van der Waals surface area contributed by atoms with Crippen LogP contribution in [0.15, 0.2) is 230 Å². The number of allylic oxidation sites excluding steroid dienone is 24. The maximum atomic E-state index is 4.60. The lowest BCUT2D eigenvalue weighted by Crippen LogP contribution is -1.96. The summed E-state index contributed by atoms with van der Waals surface area (Å²) in [5.74, 6) is 2.58. The molecule has 360 valence electrons. The topological polar surface area (TPSA) is 20.7 Å². The van der Waals surface area contributed by atoms with Gasteiger partial charge in [-0.05, 0) is 172 Å². The molecule has 0 radical (unpaired) electrons. The first-order chi connectivity index (χ1) is 35.4. The van der Waals surface area contributed by atoms with Crippen molar-refractivity contribution in [3.8, 4) is 18.0 Å². The molecule has 7 aromatic rings. The molecule has 0 atom stereocenters. The van der Waals surface area contributed by atoms with E-state index in [1.54, 1.807) is 6.92 Å². The van der Waals surface area contributed by atoms with E-state index in [0.29, 0.717) is 5.92 Å². The van der Waals surface area contributed by atoms with Gasteiger partial charge in [-0.2, -0.15) is 0 Å². The third kappa shape index (κ3) is 12.4. The Labute approximate surface area is 429 Å². The maximum Gasteiger partial charge on any atom is 0.0541 e. The zero-order valence-electron chi connectivity index (χ0n) is 43.0. The Bertz CT molecular complexity index is 3430. The van der Waals surface area contributed by atoms with Crippen molar-refractivity contribution >= 4 is 54.8 Å². The summed E-state index contributed by atoms with van der Waals surface area (Å²) in [6, 6.07) is 36.8. The lowest BCUT2D eigenvalue weighted by atomic mass is 9.95. The fourth-order valence-electron chi connectivity index (χ4n) is 9.90. The molecule has 0 saturated carbocycles. The number of nitrogens with zero attached hydrogens (tertiary/aromatic N) is 1. The monoisotopic (exact) mass is 939 g/mol. The molecule has 1 N–H and O–H groups in total. The predicted molar refractivity (Wildman–Crippen MR) is 317 cm³/mol. The number of benzene rings is 5. The summed E-state index contributed by atoms with van der Waals surface area (Å²) < 4.78 is 2.44. The van der Waals surface area contributed by atoms with Crippen LogP contribution >= 0.6 is 0 Å². The van der Waals surface area contributed by atoms with Gasteiger partial charge in [-0.15, -0.1) is 12.3 Å². The quantitative estimate of drug-likeness (QED) is 0.0676. The van der Waals surface area contributed by atoms with Crippen molar-refractivity contribution in [3.63, 3.8) is 0 Å². The van der Waals surface area contributed by atoms with Crippen molar-refractivity contribution in [2.75, 3.05) is 0 Å². The highest BCUT2D eigenvalue weighted by Crippen LogP contribution is 2.37. The average molecular weight is 939 g/mol. The van der Waals surface area contributed by atoms with Gasteiger partial charge < -0.3 is 9.55 Å². The molecule has 2 nitrogen and oxygen atoms in total. The first kappa shape index (κ1) is 50.5. The van der Waals surface area contributed by atoms with E-state index < -0.39 is 0 Å². The Morgan fingerprint density at radius 2 is 1.43 bits per heavy atom. The number of H-pyrrole nitrogens is 1. The van der Waals surface area contributed by atoms with Gasteiger partial charge in [-0.1, -0.05) is 183 Å². The van der Waals surface area contributed by atoms with Crippen molar-refractivity contribution in [1.29, 1.82) is 0 Å². The standard InChI is InChI=1S/C42H45N.C25H21N.C3H4/c1-5-9-16-32(8-4)28-35-22-26-41-39(30-35)40-31-37(36(15-7-3)19-10-6-2)23-27-42(40)43(41)38-24-20-34(21-25-38)29-33-17-13-11-12-14-18-33;1-2-5-9-18(8-4-1)20-12-14-24-22(16-20)23-17-21(13-15-25(23)26-24)19-10-6-3-7-11-19;1-3-2/h5,8-15,17,19-27,30-31H,6-7,16,18,28-29H2,1-4H3;1-2,4-6,8-18,26H,3,7H2;1H,2H3/b9-5?,19-10-,32-8+,36-15+;;. The highest BCUT2D eigenvalue weighted by molar-refractivity contribution is 6.11. The summed E-state index contributed by atoms with van der Waals surface area (Å²) in [6.45, 7) is 10.3. The molecule has 2 heterocycles. The number of hydrogen-bond donors (Lipinski definition) is 1. The van der Waals surface area contributed by atoms with Crippen molar-refractivity contribution in [2.45, 2.75) is 91.9 Å². The van der Waals surface area contributed by atoms with Crippen LogP contribution in [-0.2, 0) is 12.8 Å². The minimum atomic E-state index is 0.325. The van der Waals surface area contributed by atoms with Gasteiger partial charge in [0.1, 0.15) is 0 Å². The van der Waals surface area contributed by atoms with E-state index in [9.17, 15) is 0 Å². The van der Waals surface area contributed by atoms with E-state index in [1.807, 2.05) is 0 Å². The summed E-state index contributed by atoms with van der Waals surface area (Å²) in [6.07, 6.45) is 57.1. The van der Waals surface area contributed by atoms with Crippen LogP contribution in [-0.4, -0.2) is 9.55 Å². The van der Waals surface area contributed by atoms with Crippen LogP contribution in [0.25, 0.3) is 60.4 Å². The van der Waals surface area contributed by atoms with Gasteiger partial charge in [0.2, 0.25) is 0 Å². The number of hydrogen-bond acceptors (Lipinski definition) is 0. The molecule has 0 amide bonds. The van der Waals surface area contributed by atoms with Crippen molar-refractivity contribution in [1.82, 2.24) is 9.55 Å². The molecule has 0 bridgehead atoms. The molecule has 0 unspecified atom stereocenters. The normalized spacial score (nSPS) is 14.9. The number of aromatic nitrogens is 2. The summed E-state index contributed by atoms with van der Waals surface area (Å²) in [5.41, 5.74) is 18.3. The van der Waals surface area contributed by atoms with Gasteiger partial charge in [-0.25, -0.2) is 0 Å². The van der Waals surface area contributed by atoms with Gasteiger partial charge in [-0.3, -0.25) is 0 Å². The Hall–Kier alpha value is -7.86. The summed E-state index contributed by atoms with van der Waals surface area (Å²) in [5, 5.41) is 5.23. The molecule has 0 spiro atoms. The molecular formula is C70H70N2. The van der Waals surface area contributed by atoms with Crippen LogP contribution in [0.2, 0.25) is 0 Å². The predicted octanol–water partition coefficient (Wildman–Crippen LogP) is 19.4. The molecule has 0 aliphatic heterocycles. The van der Waals surface area contributed by atoms with Gasteiger partial charge in [0.05, 0.1) is 11.0 Å². The van der Waals surface area contributed by atoms with E-state index in [2.05, 4.69) is 268 Å². The minimum Gasteiger partial charge on any atom is -0.355 e. The molecule has 0 fully saturated rings. The maximum absolute atomic E-state index is 4.60. The second-order valence-corrected chi connectivity index (χ2v) is 18.7. The van der Waals surface area contributed by atoms with Crippen molar-refractivity contribution < 1.29 is 0 Å². The van der Waals surface area contributed by atoms with Gasteiger partial charge in [0, 0.05) is 44.2 Å². The second kappa shape index (κ2) is 25.3. The van der Waals surface area contributed by atoms with Crippen LogP contribution in [0.3, 0.4) is 0 Å². The average Bonchev–Trinajstić information content (AvgIpc) is 3.61. The second-order valence-electron chi connectivity index (χ2n) is 18.7. The minimum absolute atomic E-state index is 0.325. The fraction of sp³-hybridized carbons (Fsp3) is 0.200. The van der Waals surface area contributed by atoms with Crippen LogP contribution in [0, 0.1) is 12.3 Å². The molecule has 72 heavy (non-hydrogen) atoms. The summed E-state index contributed by atoms with van der Waals surface area (Å²) >= 11 is 0. The van der Waals surface area contributed by atoms with E-state index >= 15 is 0 Å². The number of nitrogens with one attached hydrogen (secondary N) is 1. The number of terminal acetylenes is 1. The highest BCUT2D eigenvalue weighted by atomic mass is 15.0. The molecule has 3 aliphatic carbocycles. The smallest absolute Gasteiger partial charge is 0.0541 e. The lowest BCUT2D eigenvalue weighted by molar-refractivity contribution is 1.04. The van der Waals surface area contributed by atoms with Crippen molar-refractivity contribution in [3.05, 3.63) is 258 Å². The first-order valence-corrected chi connectivity index (χ1v) is 26.1. The largest absolute Gasteiger partial charge is 0.355 e. The fourth-order valence-corrected chi connectivity index (χ4v) is 9.90. The lowest BCUT2D eigenvalue weighted by Gasteiger charge is -2.11. The zero-order valence-corrected chi connectivity index (χ0v) is 43.0. The van der Waals surface area contributed by atoms with Gasteiger partial charge in [0.25, 0.3) is 0 Å². The van der Waals surface area contributed by atoms with Crippen LogP contribution in [0.4, 0.5) is 0 Å². The molecule has 2 heteroatoms. The Balaban J connectivity index is 0.000000202. The Morgan fingerprint density at radius 1 is 0.708 bits per heavy atom. The van der Waals surface area contributed by atoms with E-state index in [0.717, 1.165) is 51.4 Å². The zero-order chi connectivity index (χ0) is 50.1. The Kier molecular flexibility index (Phi) is 17.8. The SMILES string of the molecule is C#CC.C1=CC=CC(c2ccc3[nH]c4ccc(C5=CCCC=C5)cc4c3c2)C=C1.CC=CC/C(=C\C)Cc1ccc2c(c1)c1cc(C(/C=C\CC)=C/CC)ccc1n2-c1ccc(CC2=CC=CC=CC2)cc1. The van der Waals surface area contributed by atoms with Crippen LogP contribution in [0.5, 0.6) is 0 Å². The highest BCUT2D eigenvalue weighted by Gasteiger charge is 2.16. The number of rotatable bonds is 13. The molecule has 3 aliphatic rings. The summed E-state index contributed by atoms with van der Waals surface area (Å²) in [7, 11) is 0. The molecular weight excluding hydrogens is 869 g/mol. The van der Waals surface area contributed by atoms with Crippen molar-refractivity contribution in [2.24, 2.45) is 0 Å². The third-order valence-corrected chi connectivity index (χ3v) is 13.6. The number of aromatic amines is 1. The van der Waals surface area contributed by atoms with E-state index in [-0.39, 0.29) is 0 Å². The van der Waals surface area contributed by atoms with E-state index in [4.69, 9.17) is 0 Å². The molecule has 0 saturated heterocycles. The summed E-state index contributed by atoms with van der Waals surface area (Å²) in [4.78, 5) is 3.56. The molecule has 5 aromatic carbocycles. The van der Waals surface area contributed by atoms with Gasteiger partial charge in [0.15, 0.2) is 0 Å². The molecule has 10 rings (SSSR count). The van der Waals surface area contributed by atoms with E-state index in [1.165, 1.54) is 99.4 Å². The van der Waals surface area contributed by atoms with Gasteiger partial charge >= 0.3 is 0 Å². The number of fused-ring (bicyclic) bond motifs is 6. The van der Waals surface area contributed by atoms with Crippen LogP contribution in [0.1, 0.15) is 107 Å².